The molecule has 1 atom stereocenters. The number of rotatable bonds is 2. The van der Waals surface area contributed by atoms with Crippen LogP contribution >= 0.6 is 0 Å². The van der Waals surface area contributed by atoms with E-state index in [1.165, 1.54) is 6.42 Å². The monoisotopic (exact) mass is 399 g/mol. The molecule has 0 radical (unpaired) electrons. The Morgan fingerprint density at radius 3 is 2.72 bits per heavy atom. The average Bonchev–Trinajstić information content (AvgIpc) is 2.80. The van der Waals surface area contributed by atoms with Crippen molar-refractivity contribution in [3.05, 3.63) is 29.3 Å². The molecule has 2 fully saturated rings. The van der Waals surface area contributed by atoms with Gasteiger partial charge in [0.25, 0.3) is 5.91 Å². The Hall–Kier alpha value is -2.08. The van der Waals surface area contributed by atoms with E-state index in [0.717, 1.165) is 51.0 Å². The van der Waals surface area contributed by atoms with Crippen molar-refractivity contribution in [3.8, 4) is 5.75 Å². The number of benzene rings is 1. The van der Waals surface area contributed by atoms with Crippen molar-refractivity contribution in [1.82, 2.24) is 14.7 Å². The molecule has 0 unspecified atom stereocenters. The molecule has 1 aromatic carbocycles. The Kier molecular flexibility index (Phi) is 5.56. The third-order valence-corrected chi connectivity index (χ3v) is 6.69. The zero-order valence-electron chi connectivity index (χ0n) is 17.9. The highest BCUT2D eigenvalue weighted by atomic mass is 16.5. The minimum atomic E-state index is -0.419. The predicted octanol–water partition coefficient (Wildman–Crippen LogP) is 2.55. The van der Waals surface area contributed by atoms with Crippen molar-refractivity contribution in [1.29, 1.82) is 0 Å². The molecule has 2 amide bonds. The van der Waals surface area contributed by atoms with Crippen LogP contribution in [-0.2, 0) is 4.79 Å². The summed E-state index contributed by atoms with van der Waals surface area (Å²) in [6, 6.07) is 5.80. The second kappa shape index (κ2) is 7.98. The second-order valence-corrected chi connectivity index (χ2v) is 9.34. The average molecular weight is 400 g/mol. The quantitative estimate of drug-likeness (QED) is 0.767. The van der Waals surface area contributed by atoms with Crippen LogP contribution in [0.3, 0.4) is 0 Å². The smallest absolute Gasteiger partial charge is 0.258 e. The van der Waals surface area contributed by atoms with Crippen LogP contribution in [0.25, 0.3) is 0 Å². The van der Waals surface area contributed by atoms with Gasteiger partial charge in [0.15, 0.2) is 0 Å². The van der Waals surface area contributed by atoms with Crippen LogP contribution in [-0.4, -0.2) is 78.4 Å². The third kappa shape index (κ3) is 4.27. The zero-order chi connectivity index (χ0) is 20.6. The molecule has 3 heterocycles. The molecule has 0 bridgehead atoms. The Morgan fingerprint density at radius 1 is 1.24 bits per heavy atom. The molecule has 0 aromatic heterocycles. The van der Waals surface area contributed by atoms with Crippen LogP contribution in [0.15, 0.2) is 18.2 Å². The molecular weight excluding hydrogens is 366 g/mol. The van der Waals surface area contributed by atoms with E-state index in [-0.39, 0.29) is 18.4 Å². The van der Waals surface area contributed by atoms with Gasteiger partial charge in [-0.15, -0.1) is 0 Å². The van der Waals surface area contributed by atoms with Crippen molar-refractivity contribution in [2.45, 2.75) is 45.1 Å². The summed E-state index contributed by atoms with van der Waals surface area (Å²) >= 11 is 0. The van der Waals surface area contributed by atoms with E-state index in [2.05, 4.69) is 18.9 Å². The molecule has 0 saturated carbocycles. The molecule has 1 aromatic rings. The van der Waals surface area contributed by atoms with E-state index >= 15 is 0 Å². The van der Waals surface area contributed by atoms with Gasteiger partial charge in [-0.2, -0.15) is 0 Å². The Labute approximate surface area is 173 Å². The summed E-state index contributed by atoms with van der Waals surface area (Å²) in [6.07, 6.45) is 3.93. The van der Waals surface area contributed by atoms with Crippen LogP contribution < -0.4 is 4.74 Å². The number of amides is 2. The van der Waals surface area contributed by atoms with Crippen LogP contribution in [0, 0.1) is 12.8 Å². The summed E-state index contributed by atoms with van der Waals surface area (Å²) in [5, 5.41) is 0. The van der Waals surface area contributed by atoms with E-state index in [4.69, 9.17) is 4.74 Å². The number of nitrogens with zero attached hydrogens (tertiary/aromatic N) is 3. The number of aryl methyl sites for hydroxylation is 1. The largest absolute Gasteiger partial charge is 0.484 e. The maximum atomic E-state index is 13.4. The predicted molar refractivity (Wildman–Crippen MR) is 112 cm³/mol. The molecule has 0 N–H and O–H groups in total. The SMILES string of the molecule is Cc1ccc2c(c1)C(=O)N(CC(=O)N1CCC[C@H](C)C1)CC1(CCN(C)CC1)O2. The summed E-state index contributed by atoms with van der Waals surface area (Å²) in [7, 11) is 2.12. The molecule has 6 nitrogen and oxygen atoms in total. The Bertz CT molecular complexity index is 786. The van der Waals surface area contributed by atoms with E-state index in [1.807, 2.05) is 30.0 Å². The van der Waals surface area contributed by atoms with Crippen molar-refractivity contribution in [2.24, 2.45) is 5.92 Å². The summed E-state index contributed by atoms with van der Waals surface area (Å²) in [5.74, 6) is 1.16. The van der Waals surface area contributed by atoms with Crippen molar-refractivity contribution >= 4 is 11.8 Å². The van der Waals surface area contributed by atoms with Gasteiger partial charge in [-0.25, -0.2) is 0 Å². The van der Waals surface area contributed by atoms with Crippen LogP contribution in [0.4, 0.5) is 0 Å². The minimum absolute atomic E-state index is 0.0593. The normalized spacial score (nSPS) is 24.8. The lowest BCUT2D eigenvalue weighted by Gasteiger charge is -2.42. The van der Waals surface area contributed by atoms with Crippen LogP contribution in [0.2, 0.25) is 0 Å². The molecule has 158 valence electrons. The third-order valence-electron chi connectivity index (χ3n) is 6.69. The second-order valence-electron chi connectivity index (χ2n) is 9.34. The number of likely N-dealkylation sites (tertiary alicyclic amines) is 2. The molecule has 4 rings (SSSR count). The van der Waals surface area contributed by atoms with Gasteiger partial charge in [0.1, 0.15) is 17.9 Å². The lowest BCUT2D eigenvalue weighted by Crippen LogP contribution is -2.55. The summed E-state index contributed by atoms with van der Waals surface area (Å²) in [6.45, 7) is 8.24. The highest BCUT2D eigenvalue weighted by molar-refractivity contribution is 5.99. The van der Waals surface area contributed by atoms with Crippen molar-refractivity contribution in [2.75, 3.05) is 46.3 Å². The number of fused-ring (bicyclic) bond motifs is 1. The molecule has 6 heteroatoms. The number of carbonyl (C=O) groups is 2. The minimum Gasteiger partial charge on any atom is -0.484 e. The maximum absolute atomic E-state index is 13.4. The van der Waals surface area contributed by atoms with Gasteiger partial charge in [0, 0.05) is 39.0 Å². The fourth-order valence-corrected chi connectivity index (χ4v) is 4.85. The van der Waals surface area contributed by atoms with Gasteiger partial charge in [-0.3, -0.25) is 9.59 Å². The standard InChI is InChI=1S/C23H33N3O3/c1-17-6-7-20-19(13-17)22(28)26(15-21(27)25-10-4-5-18(2)14-25)16-23(29-20)8-11-24(3)12-9-23/h6-7,13,18H,4-5,8-12,14-16H2,1-3H3/t18-/m0/s1. The van der Waals surface area contributed by atoms with Gasteiger partial charge in [-0.1, -0.05) is 18.6 Å². The molecule has 0 aliphatic carbocycles. The topological polar surface area (TPSA) is 53.1 Å². The first kappa shape index (κ1) is 20.2. The van der Waals surface area contributed by atoms with Gasteiger partial charge in [0.05, 0.1) is 12.1 Å². The first-order valence-corrected chi connectivity index (χ1v) is 10.9. The molecular formula is C23H33N3O3. The van der Waals surface area contributed by atoms with Crippen molar-refractivity contribution in [3.63, 3.8) is 0 Å². The van der Waals surface area contributed by atoms with E-state index in [1.54, 1.807) is 4.90 Å². The van der Waals surface area contributed by atoms with Gasteiger partial charge in [0.2, 0.25) is 5.91 Å². The van der Waals surface area contributed by atoms with Gasteiger partial charge in [-0.05, 0) is 44.9 Å². The molecule has 3 aliphatic rings. The van der Waals surface area contributed by atoms with Crippen LogP contribution in [0.5, 0.6) is 5.75 Å². The van der Waals surface area contributed by atoms with E-state index in [0.29, 0.717) is 23.8 Å². The number of carbonyl (C=O) groups excluding carboxylic acids is 2. The highest BCUT2D eigenvalue weighted by Crippen LogP contribution is 2.36. The van der Waals surface area contributed by atoms with Crippen LogP contribution in [0.1, 0.15) is 48.5 Å². The fraction of sp³-hybridized carbons (Fsp3) is 0.652. The lowest BCUT2D eigenvalue weighted by atomic mass is 9.90. The van der Waals surface area contributed by atoms with Crippen molar-refractivity contribution < 1.29 is 14.3 Å². The number of hydrogen-bond acceptors (Lipinski definition) is 4. The number of ether oxygens (including phenoxy) is 1. The summed E-state index contributed by atoms with van der Waals surface area (Å²) < 4.78 is 6.52. The summed E-state index contributed by atoms with van der Waals surface area (Å²) in [4.78, 5) is 32.5. The Balaban J connectivity index is 1.61. The van der Waals surface area contributed by atoms with E-state index < -0.39 is 5.60 Å². The molecule has 2 saturated heterocycles. The number of piperidine rings is 2. The first-order chi connectivity index (χ1) is 13.8. The highest BCUT2D eigenvalue weighted by Gasteiger charge is 2.43. The maximum Gasteiger partial charge on any atom is 0.258 e. The fourth-order valence-electron chi connectivity index (χ4n) is 4.85. The Morgan fingerprint density at radius 2 is 2.00 bits per heavy atom. The number of hydrogen-bond donors (Lipinski definition) is 0. The van der Waals surface area contributed by atoms with E-state index in [9.17, 15) is 9.59 Å². The molecule has 1 spiro atoms. The van der Waals surface area contributed by atoms with Gasteiger partial charge >= 0.3 is 0 Å². The molecule has 3 aliphatic heterocycles. The molecule has 29 heavy (non-hydrogen) atoms. The lowest BCUT2D eigenvalue weighted by molar-refractivity contribution is -0.134. The summed E-state index contributed by atoms with van der Waals surface area (Å²) in [5.41, 5.74) is 1.19. The first-order valence-electron chi connectivity index (χ1n) is 10.9. The van der Waals surface area contributed by atoms with Gasteiger partial charge < -0.3 is 19.4 Å². The zero-order valence-corrected chi connectivity index (χ0v) is 17.9.